The number of thiophene rings is 1. The third-order valence-electron chi connectivity index (χ3n) is 3.27. The van der Waals surface area contributed by atoms with Gasteiger partial charge in [0.25, 0.3) is 0 Å². The zero-order chi connectivity index (χ0) is 13.4. The van der Waals surface area contributed by atoms with Gasteiger partial charge in [0.05, 0.1) is 4.88 Å². The van der Waals surface area contributed by atoms with E-state index in [0.717, 1.165) is 22.3 Å². The van der Waals surface area contributed by atoms with Crippen LogP contribution in [0.4, 0.5) is 11.6 Å². The SMILES string of the molecule is [HH].c1csc(-c2nccc(Nc3cc(C4CC4)[nH]n3)n2)c1. The Kier molecular flexibility index (Phi) is 2.74. The van der Waals surface area contributed by atoms with Crippen molar-refractivity contribution < 1.29 is 1.43 Å². The number of aromatic amines is 1. The fourth-order valence-corrected chi connectivity index (χ4v) is 2.75. The summed E-state index contributed by atoms with van der Waals surface area (Å²) in [7, 11) is 0. The summed E-state index contributed by atoms with van der Waals surface area (Å²) in [5, 5.41) is 12.6. The number of hydrogen-bond acceptors (Lipinski definition) is 5. The fraction of sp³-hybridized carbons (Fsp3) is 0.214. The summed E-state index contributed by atoms with van der Waals surface area (Å²) in [6.07, 6.45) is 4.29. The molecule has 0 unspecified atom stereocenters. The third kappa shape index (κ3) is 2.30. The molecule has 4 rings (SSSR count). The molecule has 0 spiro atoms. The molecule has 3 aromatic heterocycles. The summed E-state index contributed by atoms with van der Waals surface area (Å²) < 4.78 is 0. The maximum Gasteiger partial charge on any atom is 0.171 e. The van der Waals surface area contributed by atoms with E-state index in [-0.39, 0.29) is 1.43 Å². The first kappa shape index (κ1) is 11.6. The van der Waals surface area contributed by atoms with E-state index in [4.69, 9.17) is 0 Å². The molecule has 0 radical (unpaired) electrons. The number of nitrogens with zero attached hydrogens (tertiary/aromatic N) is 3. The molecule has 2 N–H and O–H groups in total. The normalized spacial score (nSPS) is 14.4. The second kappa shape index (κ2) is 4.72. The number of aromatic nitrogens is 4. The molecule has 0 amide bonds. The summed E-state index contributed by atoms with van der Waals surface area (Å²) in [5.41, 5.74) is 1.21. The largest absolute Gasteiger partial charge is 0.323 e. The van der Waals surface area contributed by atoms with Gasteiger partial charge < -0.3 is 5.32 Å². The van der Waals surface area contributed by atoms with E-state index in [1.54, 1.807) is 17.5 Å². The Bertz CT molecular complexity index is 721. The lowest BCUT2D eigenvalue weighted by Crippen LogP contribution is -1.96. The highest BCUT2D eigenvalue weighted by atomic mass is 32.1. The molecular weight excluding hydrogens is 270 g/mol. The average Bonchev–Trinajstić information content (AvgIpc) is 3.00. The Morgan fingerprint density at radius 3 is 3.05 bits per heavy atom. The Morgan fingerprint density at radius 1 is 1.30 bits per heavy atom. The maximum atomic E-state index is 4.51. The second-order valence-corrected chi connectivity index (χ2v) is 5.80. The van der Waals surface area contributed by atoms with Crippen molar-refractivity contribution in [1.82, 2.24) is 20.2 Å². The molecule has 1 aliphatic rings. The molecule has 0 atom stereocenters. The molecule has 0 saturated heterocycles. The van der Waals surface area contributed by atoms with E-state index >= 15 is 0 Å². The van der Waals surface area contributed by atoms with Crippen LogP contribution in [-0.2, 0) is 0 Å². The Balaban J connectivity index is 0.00000132. The zero-order valence-electron chi connectivity index (χ0n) is 10.7. The first-order valence-electron chi connectivity index (χ1n) is 6.58. The van der Waals surface area contributed by atoms with Crippen LogP contribution in [0, 0.1) is 0 Å². The third-order valence-corrected chi connectivity index (χ3v) is 4.13. The number of nitrogens with one attached hydrogen (secondary N) is 2. The van der Waals surface area contributed by atoms with Crippen molar-refractivity contribution in [2.45, 2.75) is 18.8 Å². The monoisotopic (exact) mass is 285 g/mol. The molecule has 0 aliphatic heterocycles. The Labute approximate surface area is 121 Å². The molecule has 1 saturated carbocycles. The van der Waals surface area contributed by atoms with Gasteiger partial charge in [-0.15, -0.1) is 11.3 Å². The van der Waals surface area contributed by atoms with Crippen LogP contribution in [0.15, 0.2) is 35.8 Å². The van der Waals surface area contributed by atoms with Gasteiger partial charge in [-0.25, -0.2) is 9.97 Å². The van der Waals surface area contributed by atoms with E-state index in [1.807, 2.05) is 23.6 Å². The molecule has 102 valence electrons. The highest BCUT2D eigenvalue weighted by molar-refractivity contribution is 7.13. The van der Waals surface area contributed by atoms with Gasteiger partial charge in [0.1, 0.15) is 5.82 Å². The number of H-pyrrole nitrogens is 1. The standard InChI is InChI=1S/C14H13N5S.H2/c1-2-11(20-7-1)14-15-6-5-12(17-14)16-13-8-10(18-19-13)9-3-4-9;/h1-2,5-9H,3-4H2,(H2,15,16,17,18,19);1H. The first-order valence-corrected chi connectivity index (χ1v) is 7.46. The molecule has 3 aromatic rings. The smallest absolute Gasteiger partial charge is 0.171 e. The summed E-state index contributed by atoms with van der Waals surface area (Å²) in [5.74, 6) is 2.98. The number of rotatable bonds is 4. The maximum absolute atomic E-state index is 4.51. The molecule has 20 heavy (non-hydrogen) atoms. The van der Waals surface area contributed by atoms with Crippen molar-refractivity contribution in [3.8, 4) is 10.7 Å². The van der Waals surface area contributed by atoms with Gasteiger partial charge in [0, 0.05) is 25.3 Å². The van der Waals surface area contributed by atoms with Crippen molar-refractivity contribution in [2.75, 3.05) is 5.32 Å². The number of anilines is 2. The van der Waals surface area contributed by atoms with Crippen molar-refractivity contribution in [3.05, 3.63) is 41.5 Å². The minimum atomic E-state index is 0. The molecular formula is C14H15N5S. The topological polar surface area (TPSA) is 66.5 Å². The Morgan fingerprint density at radius 2 is 2.25 bits per heavy atom. The van der Waals surface area contributed by atoms with Crippen molar-refractivity contribution >= 4 is 23.0 Å². The summed E-state index contributed by atoms with van der Waals surface area (Å²) in [4.78, 5) is 9.88. The summed E-state index contributed by atoms with van der Waals surface area (Å²) in [6.45, 7) is 0. The van der Waals surface area contributed by atoms with E-state index in [1.165, 1.54) is 18.5 Å². The molecule has 3 heterocycles. The minimum absolute atomic E-state index is 0. The van der Waals surface area contributed by atoms with Crippen LogP contribution in [0.1, 0.15) is 25.9 Å². The quantitative estimate of drug-likeness (QED) is 0.765. The van der Waals surface area contributed by atoms with Gasteiger partial charge in [0.2, 0.25) is 0 Å². The zero-order valence-corrected chi connectivity index (χ0v) is 11.5. The van der Waals surface area contributed by atoms with Gasteiger partial charge in [-0.05, 0) is 30.4 Å². The lowest BCUT2D eigenvalue weighted by atomic mass is 10.3. The van der Waals surface area contributed by atoms with Crippen LogP contribution < -0.4 is 5.32 Å². The Hall–Kier alpha value is -2.21. The van der Waals surface area contributed by atoms with Crippen LogP contribution >= 0.6 is 11.3 Å². The first-order chi connectivity index (χ1) is 9.88. The van der Waals surface area contributed by atoms with Crippen LogP contribution in [-0.4, -0.2) is 20.2 Å². The second-order valence-electron chi connectivity index (χ2n) is 4.85. The minimum Gasteiger partial charge on any atom is -0.323 e. The van der Waals surface area contributed by atoms with Gasteiger partial charge in [-0.3, -0.25) is 5.10 Å². The highest BCUT2D eigenvalue weighted by Gasteiger charge is 2.25. The van der Waals surface area contributed by atoms with Crippen LogP contribution in [0.3, 0.4) is 0 Å². The van der Waals surface area contributed by atoms with Crippen molar-refractivity contribution in [2.24, 2.45) is 0 Å². The van der Waals surface area contributed by atoms with E-state index in [2.05, 4.69) is 31.5 Å². The van der Waals surface area contributed by atoms with E-state index in [0.29, 0.717) is 5.92 Å². The van der Waals surface area contributed by atoms with Gasteiger partial charge in [-0.1, -0.05) is 6.07 Å². The predicted molar refractivity (Wildman–Crippen MR) is 81.3 cm³/mol. The van der Waals surface area contributed by atoms with Gasteiger partial charge >= 0.3 is 0 Å². The average molecular weight is 285 g/mol. The molecule has 1 aliphatic carbocycles. The van der Waals surface area contributed by atoms with Crippen molar-refractivity contribution in [3.63, 3.8) is 0 Å². The van der Waals surface area contributed by atoms with Gasteiger partial charge in [0.15, 0.2) is 11.6 Å². The van der Waals surface area contributed by atoms with Crippen LogP contribution in [0.5, 0.6) is 0 Å². The predicted octanol–water partition coefficient (Wildman–Crippen LogP) is 3.80. The summed E-state index contributed by atoms with van der Waals surface area (Å²) in [6, 6.07) is 7.93. The molecule has 5 nitrogen and oxygen atoms in total. The highest BCUT2D eigenvalue weighted by Crippen LogP contribution is 2.39. The molecule has 0 aromatic carbocycles. The van der Waals surface area contributed by atoms with Crippen molar-refractivity contribution in [1.29, 1.82) is 0 Å². The molecule has 0 bridgehead atoms. The van der Waals surface area contributed by atoms with E-state index < -0.39 is 0 Å². The fourth-order valence-electron chi connectivity index (χ4n) is 2.09. The van der Waals surface area contributed by atoms with Crippen LogP contribution in [0.2, 0.25) is 0 Å². The van der Waals surface area contributed by atoms with Crippen LogP contribution in [0.25, 0.3) is 10.7 Å². The van der Waals surface area contributed by atoms with Gasteiger partial charge in [-0.2, -0.15) is 5.10 Å². The molecule has 6 heteroatoms. The lowest BCUT2D eigenvalue weighted by Gasteiger charge is -2.02. The van der Waals surface area contributed by atoms with E-state index in [9.17, 15) is 0 Å². The molecule has 1 fully saturated rings. The number of hydrogen-bond donors (Lipinski definition) is 2. The summed E-state index contributed by atoms with van der Waals surface area (Å²) >= 11 is 1.63. The lowest BCUT2D eigenvalue weighted by molar-refractivity contribution is 0.966.